The average Bonchev–Trinajstić information content (AvgIpc) is 2.66. The minimum absolute atomic E-state index is 0.337. The van der Waals surface area contributed by atoms with Gasteiger partial charge in [-0.2, -0.15) is 0 Å². The van der Waals surface area contributed by atoms with E-state index >= 15 is 0 Å². The molecular weight excluding hydrogens is 296 g/mol. The van der Waals surface area contributed by atoms with Gasteiger partial charge in [0.05, 0.1) is 0 Å². The summed E-state index contributed by atoms with van der Waals surface area (Å²) in [6, 6.07) is 28.0. The van der Waals surface area contributed by atoms with Crippen LogP contribution in [-0.2, 0) is 16.8 Å². The van der Waals surface area contributed by atoms with Crippen molar-refractivity contribution in [3.8, 4) is 5.75 Å². The van der Waals surface area contributed by atoms with Crippen LogP contribution in [0.3, 0.4) is 0 Å². The van der Waals surface area contributed by atoms with Gasteiger partial charge in [0.1, 0.15) is 11.4 Å². The maximum Gasteiger partial charge on any atom is 0.118 e. The molecule has 122 valence electrons. The second-order valence-electron chi connectivity index (χ2n) is 5.89. The molecule has 3 aromatic rings. The van der Waals surface area contributed by atoms with Crippen molar-refractivity contribution < 1.29 is 9.84 Å². The van der Waals surface area contributed by atoms with Crippen molar-refractivity contribution in [3.05, 3.63) is 102 Å². The molecule has 0 aliphatic rings. The third-order valence-corrected chi connectivity index (χ3v) is 4.57. The number of rotatable bonds is 6. The Morgan fingerprint density at radius 3 is 1.75 bits per heavy atom. The maximum atomic E-state index is 10.1. The molecule has 0 aromatic heterocycles. The first-order chi connectivity index (χ1) is 11.8. The third-order valence-electron chi connectivity index (χ3n) is 4.57. The summed E-state index contributed by atoms with van der Waals surface area (Å²) in [6.07, 6.45) is 1.47. The highest BCUT2D eigenvalue weighted by molar-refractivity contribution is 5.38. The van der Waals surface area contributed by atoms with E-state index in [0.717, 1.165) is 29.5 Å². The average molecular weight is 318 g/mol. The summed E-state index contributed by atoms with van der Waals surface area (Å²) in [7, 11) is 1.75. The van der Waals surface area contributed by atoms with Gasteiger partial charge in [-0.1, -0.05) is 78.9 Å². The van der Waals surface area contributed by atoms with Crippen LogP contribution in [0.5, 0.6) is 5.75 Å². The zero-order chi connectivity index (χ0) is 16.8. The molecule has 0 saturated heterocycles. The fourth-order valence-electron chi connectivity index (χ4n) is 3.24. The Morgan fingerprint density at radius 2 is 1.25 bits per heavy atom. The van der Waals surface area contributed by atoms with Gasteiger partial charge in [-0.15, -0.1) is 0 Å². The molecule has 0 unspecified atom stereocenters. The zero-order valence-electron chi connectivity index (χ0n) is 13.9. The van der Waals surface area contributed by atoms with Gasteiger partial charge in [-0.05, 0) is 35.6 Å². The van der Waals surface area contributed by atoms with Crippen LogP contribution in [0.1, 0.15) is 23.1 Å². The monoisotopic (exact) mass is 318 g/mol. The molecule has 24 heavy (non-hydrogen) atoms. The highest BCUT2D eigenvalue weighted by Crippen LogP contribution is 2.38. The molecule has 0 heterocycles. The lowest BCUT2D eigenvalue weighted by atomic mass is 9.81. The largest absolute Gasteiger partial charge is 0.508 e. The van der Waals surface area contributed by atoms with Gasteiger partial charge in [0.15, 0.2) is 0 Å². The van der Waals surface area contributed by atoms with Gasteiger partial charge in [0.2, 0.25) is 0 Å². The predicted molar refractivity (Wildman–Crippen MR) is 97.1 cm³/mol. The van der Waals surface area contributed by atoms with Crippen LogP contribution in [0, 0.1) is 0 Å². The molecular formula is C22H22O2. The first kappa shape index (κ1) is 16.3. The topological polar surface area (TPSA) is 29.5 Å². The van der Waals surface area contributed by atoms with Crippen molar-refractivity contribution in [1.82, 2.24) is 0 Å². The van der Waals surface area contributed by atoms with Crippen LogP contribution < -0.4 is 0 Å². The molecule has 0 aliphatic carbocycles. The molecule has 0 bridgehead atoms. The summed E-state index contributed by atoms with van der Waals surface area (Å²) >= 11 is 0. The normalized spacial score (nSPS) is 11.4. The molecule has 0 fully saturated rings. The van der Waals surface area contributed by atoms with Gasteiger partial charge >= 0.3 is 0 Å². The molecule has 0 aliphatic heterocycles. The zero-order valence-corrected chi connectivity index (χ0v) is 13.9. The second-order valence-corrected chi connectivity index (χ2v) is 5.89. The number of aryl methyl sites for hydroxylation is 1. The number of aromatic hydroxyl groups is 1. The summed E-state index contributed by atoms with van der Waals surface area (Å²) in [4.78, 5) is 0. The van der Waals surface area contributed by atoms with Crippen molar-refractivity contribution in [2.75, 3.05) is 7.11 Å². The van der Waals surface area contributed by atoms with Crippen LogP contribution in [0.15, 0.2) is 84.9 Å². The molecule has 3 aromatic carbocycles. The fourth-order valence-corrected chi connectivity index (χ4v) is 3.24. The lowest BCUT2D eigenvalue weighted by molar-refractivity contribution is 0.0146. The lowest BCUT2D eigenvalue weighted by Gasteiger charge is -2.34. The van der Waals surface area contributed by atoms with Crippen LogP contribution in [0.2, 0.25) is 0 Å². The van der Waals surface area contributed by atoms with Crippen molar-refractivity contribution in [1.29, 1.82) is 0 Å². The van der Waals surface area contributed by atoms with Gasteiger partial charge in [0, 0.05) is 7.11 Å². The Labute approximate surface area is 143 Å². The smallest absolute Gasteiger partial charge is 0.118 e. The van der Waals surface area contributed by atoms with E-state index in [-0.39, 0.29) is 0 Å². The first-order valence-electron chi connectivity index (χ1n) is 8.19. The van der Waals surface area contributed by atoms with Crippen molar-refractivity contribution >= 4 is 0 Å². The van der Waals surface area contributed by atoms with Crippen LogP contribution in [0.4, 0.5) is 0 Å². The van der Waals surface area contributed by atoms with E-state index in [2.05, 4.69) is 24.3 Å². The van der Waals surface area contributed by atoms with Gasteiger partial charge < -0.3 is 9.84 Å². The van der Waals surface area contributed by atoms with E-state index in [1.807, 2.05) is 54.6 Å². The van der Waals surface area contributed by atoms with E-state index in [1.165, 1.54) is 0 Å². The molecule has 0 saturated carbocycles. The Bertz CT molecular complexity index is 727. The minimum Gasteiger partial charge on any atom is -0.508 e. The molecule has 0 radical (unpaired) electrons. The van der Waals surface area contributed by atoms with E-state index in [9.17, 15) is 5.11 Å². The minimum atomic E-state index is -0.537. The Morgan fingerprint density at radius 1 is 0.750 bits per heavy atom. The predicted octanol–water partition coefficient (Wildman–Crippen LogP) is 4.92. The number of phenolic OH excluding ortho intramolecular Hbond substituents is 1. The van der Waals surface area contributed by atoms with Crippen LogP contribution in [0.25, 0.3) is 0 Å². The number of benzene rings is 3. The van der Waals surface area contributed by atoms with E-state index in [1.54, 1.807) is 13.2 Å². The Balaban J connectivity index is 2.00. The molecule has 2 heteroatoms. The van der Waals surface area contributed by atoms with E-state index < -0.39 is 5.60 Å². The first-order valence-corrected chi connectivity index (χ1v) is 8.19. The summed E-state index contributed by atoms with van der Waals surface area (Å²) < 4.78 is 6.09. The summed E-state index contributed by atoms with van der Waals surface area (Å²) in [6.45, 7) is 0. The van der Waals surface area contributed by atoms with Crippen LogP contribution >= 0.6 is 0 Å². The summed E-state index contributed by atoms with van der Waals surface area (Å²) in [5.41, 5.74) is 2.64. The van der Waals surface area contributed by atoms with Gasteiger partial charge in [0.25, 0.3) is 0 Å². The fraction of sp³-hybridized carbons (Fsp3) is 0.182. The van der Waals surface area contributed by atoms with Crippen molar-refractivity contribution in [2.24, 2.45) is 0 Å². The number of hydrogen-bond donors (Lipinski definition) is 1. The number of phenols is 1. The number of para-hydroxylation sites is 1. The summed E-state index contributed by atoms with van der Waals surface area (Å²) in [5, 5.41) is 10.1. The maximum absolute atomic E-state index is 10.1. The summed E-state index contributed by atoms with van der Waals surface area (Å²) in [5.74, 6) is 0.337. The van der Waals surface area contributed by atoms with E-state index in [0.29, 0.717) is 5.75 Å². The molecule has 0 amide bonds. The molecule has 3 rings (SSSR count). The number of methoxy groups -OCH3 is 1. The third kappa shape index (κ3) is 3.19. The molecule has 0 atom stereocenters. The highest BCUT2D eigenvalue weighted by atomic mass is 16.5. The number of hydrogen-bond acceptors (Lipinski definition) is 2. The highest BCUT2D eigenvalue weighted by Gasteiger charge is 2.33. The molecule has 1 N–H and O–H groups in total. The Kier molecular flexibility index (Phi) is 4.97. The number of ether oxygens (including phenoxy) is 1. The van der Waals surface area contributed by atoms with Crippen LogP contribution in [-0.4, -0.2) is 12.2 Å². The standard InChI is InChI=1S/C22H22O2/c1-24-22(19-11-4-2-5-12-19,20-13-6-3-7-14-20)17-16-18-10-8-9-15-21(18)23/h2-15,23H,16-17H2,1H3. The SMILES string of the molecule is COC(CCc1ccccc1O)(c1ccccc1)c1ccccc1. The van der Waals surface area contributed by atoms with Gasteiger partial charge in [-0.25, -0.2) is 0 Å². The van der Waals surface area contributed by atoms with Gasteiger partial charge in [-0.3, -0.25) is 0 Å². The second kappa shape index (κ2) is 7.33. The Hall–Kier alpha value is -2.58. The van der Waals surface area contributed by atoms with Crippen molar-refractivity contribution in [2.45, 2.75) is 18.4 Å². The lowest BCUT2D eigenvalue weighted by Crippen LogP contribution is -2.30. The quantitative estimate of drug-likeness (QED) is 0.699. The van der Waals surface area contributed by atoms with Crippen molar-refractivity contribution in [3.63, 3.8) is 0 Å². The molecule has 2 nitrogen and oxygen atoms in total. The van der Waals surface area contributed by atoms with E-state index in [4.69, 9.17) is 4.74 Å². The molecule has 0 spiro atoms.